The quantitative estimate of drug-likeness (QED) is 0.689. The molecule has 3 nitrogen and oxygen atoms in total. The number of nitrogens with zero attached hydrogens (tertiary/aromatic N) is 1. The Morgan fingerprint density at radius 2 is 2.21 bits per heavy atom. The van der Waals surface area contributed by atoms with Crippen molar-refractivity contribution in [1.29, 1.82) is 0 Å². The summed E-state index contributed by atoms with van der Waals surface area (Å²) in [4.78, 5) is 25.2. The van der Waals surface area contributed by atoms with Crippen molar-refractivity contribution in [3.63, 3.8) is 0 Å². The first kappa shape index (κ1) is 9.48. The van der Waals surface area contributed by atoms with Crippen LogP contribution in [0.2, 0.25) is 0 Å². The summed E-state index contributed by atoms with van der Waals surface area (Å²) >= 11 is 2.53. The molecule has 0 N–H and O–H groups in total. The van der Waals surface area contributed by atoms with Crippen LogP contribution in [0.5, 0.6) is 0 Å². The van der Waals surface area contributed by atoms with Crippen molar-refractivity contribution < 1.29 is 9.59 Å². The molecule has 2 rings (SSSR count). The molecule has 0 saturated carbocycles. The van der Waals surface area contributed by atoms with Crippen molar-refractivity contribution in [2.75, 3.05) is 7.05 Å². The second kappa shape index (κ2) is 3.59. The van der Waals surface area contributed by atoms with Crippen LogP contribution in [0.4, 0.5) is 4.79 Å². The van der Waals surface area contributed by atoms with Crippen LogP contribution in [0.15, 0.2) is 22.4 Å². The predicted octanol–water partition coefficient (Wildman–Crippen LogP) is 2.41. The van der Waals surface area contributed by atoms with Gasteiger partial charge in [0, 0.05) is 11.9 Å². The van der Waals surface area contributed by atoms with Gasteiger partial charge in [0.05, 0.1) is 4.91 Å². The van der Waals surface area contributed by atoms with Gasteiger partial charge in [0.25, 0.3) is 11.1 Å². The summed E-state index contributed by atoms with van der Waals surface area (Å²) < 4.78 is 0. The minimum atomic E-state index is -0.214. The zero-order chi connectivity index (χ0) is 10.1. The summed E-state index contributed by atoms with van der Waals surface area (Å²) in [5.41, 5.74) is 0. The number of rotatable bonds is 1. The Kier molecular flexibility index (Phi) is 2.43. The summed E-state index contributed by atoms with van der Waals surface area (Å²) in [6.07, 6.45) is 1.75. The molecule has 1 fully saturated rings. The maximum absolute atomic E-state index is 11.5. The van der Waals surface area contributed by atoms with Crippen LogP contribution in [0, 0.1) is 0 Å². The Labute approximate surface area is 89.4 Å². The Hall–Kier alpha value is -1.07. The zero-order valence-electron chi connectivity index (χ0n) is 7.39. The maximum Gasteiger partial charge on any atom is 0.293 e. The summed E-state index contributed by atoms with van der Waals surface area (Å²) in [6, 6.07) is 3.82. The Morgan fingerprint density at radius 3 is 2.71 bits per heavy atom. The van der Waals surface area contributed by atoms with Crippen LogP contribution in [0.25, 0.3) is 6.08 Å². The first-order valence-electron chi connectivity index (χ1n) is 3.93. The molecule has 14 heavy (non-hydrogen) atoms. The summed E-state index contributed by atoms with van der Waals surface area (Å²) in [5, 5.41) is 1.72. The second-order valence-corrected chi connectivity index (χ2v) is 4.73. The van der Waals surface area contributed by atoms with Crippen molar-refractivity contribution in [2.24, 2.45) is 0 Å². The van der Waals surface area contributed by atoms with Gasteiger partial charge in [-0.3, -0.25) is 14.5 Å². The zero-order valence-corrected chi connectivity index (χ0v) is 9.02. The minimum Gasteiger partial charge on any atom is -0.272 e. The lowest BCUT2D eigenvalue weighted by Gasteiger charge is -2.00. The number of imide groups is 1. The summed E-state index contributed by atoms with van der Waals surface area (Å²) in [7, 11) is 1.49. The minimum absolute atomic E-state index is 0.210. The van der Waals surface area contributed by atoms with Gasteiger partial charge < -0.3 is 0 Å². The van der Waals surface area contributed by atoms with E-state index in [9.17, 15) is 9.59 Å². The Balaban J connectivity index is 2.29. The summed E-state index contributed by atoms with van der Waals surface area (Å²) in [5.74, 6) is -0.214. The van der Waals surface area contributed by atoms with Gasteiger partial charge in [-0.25, -0.2) is 0 Å². The van der Waals surface area contributed by atoms with Gasteiger partial charge in [0.15, 0.2) is 0 Å². The molecule has 0 aliphatic carbocycles. The number of carbonyl (C=O) groups is 2. The van der Waals surface area contributed by atoms with Crippen molar-refractivity contribution in [1.82, 2.24) is 4.90 Å². The van der Waals surface area contributed by atoms with Crippen LogP contribution in [0.3, 0.4) is 0 Å². The van der Waals surface area contributed by atoms with Gasteiger partial charge in [-0.05, 0) is 29.3 Å². The largest absolute Gasteiger partial charge is 0.293 e. The molecule has 1 saturated heterocycles. The normalized spacial score (nSPS) is 19.8. The molecule has 0 atom stereocenters. The van der Waals surface area contributed by atoms with Crippen molar-refractivity contribution in [2.45, 2.75) is 0 Å². The van der Waals surface area contributed by atoms with E-state index in [0.29, 0.717) is 4.91 Å². The molecule has 0 bridgehead atoms. The molecule has 0 spiro atoms. The molecule has 1 aliphatic rings. The standard InChI is InChI=1S/C9H7NO2S2/c1-10-8(11)7(14-9(10)12)5-6-3-2-4-13-6/h2-5H,1H3/b7-5+. The van der Waals surface area contributed by atoms with Gasteiger partial charge in [-0.1, -0.05) is 6.07 Å². The number of thioether (sulfide) groups is 1. The fourth-order valence-corrected chi connectivity index (χ4v) is 2.60. The molecule has 1 aromatic heterocycles. The third-order valence-corrected chi connectivity index (χ3v) is 3.58. The van der Waals surface area contributed by atoms with Gasteiger partial charge in [-0.15, -0.1) is 11.3 Å². The Morgan fingerprint density at radius 1 is 1.43 bits per heavy atom. The Bertz CT molecular complexity index is 408. The second-order valence-electron chi connectivity index (χ2n) is 2.76. The van der Waals surface area contributed by atoms with E-state index in [1.807, 2.05) is 17.5 Å². The average Bonchev–Trinajstić information content (AvgIpc) is 2.73. The number of thiophene rings is 1. The molecule has 0 aromatic carbocycles. The highest BCUT2D eigenvalue weighted by molar-refractivity contribution is 8.18. The number of carbonyl (C=O) groups excluding carboxylic acids is 2. The molecule has 72 valence electrons. The molecule has 2 heterocycles. The number of hydrogen-bond donors (Lipinski definition) is 0. The van der Waals surface area contributed by atoms with Crippen LogP contribution >= 0.6 is 23.1 Å². The predicted molar refractivity (Wildman–Crippen MR) is 58.1 cm³/mol. The van der Waals surface area contributed by atoms with E-state index in [4.69, 9.17) is 0 Å². The van der Waals surface area contributed by atoms with E-state index in [1.165, 1.54) is 7.05 Å². The van der Waals surface area contributed by atoms with Crippen LogP contribution in [-0.2, 0) is 4.79 Å². The monoisotopic (exact) mass is 225 g/mol. The topological polar surface area (TPSA) is 37.4 Å². The van der Waals surface area contributed by atoms with Crippen molar-refractivity contribution in [3.8, 4) is 0 Å². The lowest BCUT2D eigenvalue weighted by atomic mass is 10.4. The fourth-order valence-electron chi connectivity index (χ4n) is 1.05. The first-order chi connectivity index (χ1) is 6.68. The van der Waals surface area contributed by atoms with Crippen molar-refractivity contribution >= 4 is 40.3 Å². The lowest BCUT2D eigenvalue weighted by molar-refractivity contribution is -0.121. The molecular formula is C9H7NO2S2. The van der Waals surface area contributed by atoms with E-state index in [-0.39, 0.29) is 11.1 Å². The smallest absolute Gasteiger partial charge is 0.272 e. The van der Waals surface area contributed by atoms with E-state index in [2.05, 4.69) is 0 Å². The van der Waals surface area contributed by atoms with E-state index in [0.717, 1.165) is 21.5 Å². The average molecular weight is 225 g/mol. The van der Waals surface area contributed by atoms with Gasteiger partial charge in [-0.2, -0.15) is 0 Å². The van der Waals surface area contributed by atoms with Crippen LogP contribution in [-0.4, -0.2) is 23.1 Å². The number of likely N-dealkylation sites (N-methyl/N-ethyl adjacent to an activating group) is 1. The lowest BCUT2D eigenvalue weighted by Crippen LogP contribution is -2.22. The number of hydrogen-bond acceptors (Lipinski definition) is 4. The molecule has 2 amide bonds. The maximum atomic E-state index is 11.5. The highest BCUT2D eigenvalue weighted by Crippen LogP contribution is 2.31. The summed E-state index contributed by atoms with van der Waals surface area (Å²) in [6.45, 7) is 0. The SMILES string of the molecule is CN1C(=O)S/C(=C/c2cccs2)C1=O. The van der Waals surface area contributed by atoms with Crippen molar-refractivity contribution in [3.05, 3.63) is 27.3 Å². The first-order valence-corrected chi connectivity index (χ1v) is 5.63. The van der Waals surface area contributed by atoms with E-state index < -0.39 is 0 Å². The van der Waals surface area contributed by atoms with Crippen LogP contribution in [0.1, 0.15) is 4.88 Å². The van der Waals surface area contributed by atoms with Crippen LogP contribution < -0.4 is 0 Å². The molecule has 0 unspecified atom stereocenters. The molecule has 0 radical (unpaired) electrons. The van der Waals surface area contributed by atoms with Gasteiger partial charge in [0.2, 0.25) is 0 Å². The molecule has 1 aromatic rings. The van der Waals surface area contributed by atoms with Gasteiger partial charge >= 0.3 is 0 Å². The third-order valence-electron chi connectivity index (χ3n) is 1.80. The highest BCUT2D eigenvalue weighted by Gasteiger charge is 2.31. The number of amides is 2. The van der Waals surface area contributed by atoms with Gasteiger partial charge in [0.1, 0.15) is 0 Å². The molecular weight excluding hydrogens is 218 g/mol. The third kappa shape index (κ3) is 1.60. The van der Waals surface area contributed by atoms with E-state index >= 15 is 0 Å². The van der Waals surface area contributed by atoms with E-state index in [1.54, 1.807) is 17.4 Å². The fraction of sp³-hybridized carbons (Fsp3) is 0.111. The highest BCUT2D eigenvalue weighted by atomic mass is 32.2. The molecule has 5 heteroatoms. The molecule has 1 aliphatic heterocycles.